The van der Waals surface area contributed by atoms with Gasteiger partial charge >= 0.3 is 0 Å². The number of rotatable bonds is 1. The zero-order chi connectivity index (χ0) is 10.1. The summed E-state index contributed by atoms with van der Waals surface area (Å²) in [7, 11) is 0. The van der Waals surface area contributed by atoms with Crippen LogP contribution in [0.3, 0.4) is 0 Å². The van der Waals surface area contributed by atoms with E-state index in [1.807, 2.05) is 30.5 Å². The fourth-order valence-corrected chi connectivity index (χ4v) is 1.96. The van der Waals surface area contributed by atoms with Gasteiger partial charge in [-0.2, -0.15) is 8.75 Å². The maximum atomic E-state index is 4.25. The summed E-state index contributed by atoms with van der Waals surface area (Å²) in [6.45, 7) is 0. The first-order valence-corrected chi connectivity index (χ1v) is 5.30. The lowest BCUT2D eigenvalue weighted by Gasteiger charge is -1.98. The fraction of sp³-hybridized carbons (Fsp3) is 0. The van der Waals surface area contributed by atoms with Crippen molar-refractivity contribution < 1.29 is 0 Å². The van der Waals surface area contributed by atoms with E-state index in [1.165, 1.54) is 11.7 Å². The van der Waals surface area contributed by atoms with Gasteiger partial charge in [0.05, 0.1) is 11.7 Å². The number of aromatic nitrogens is 3. The molecule has 0 bridgehead atoms. The second-order valence-electron chi connectivity index (χ2n) is 3.20. The van der Waals surface area contributed by atoms with Gasteiger partial charge in [-0.15, -0.1) is 0 Å². The molecule has 2 aromatic heterocycles. The molecule has 15 heavy (non-hydrogen) atoms. The number of nitrogens with zero attached hydrogens (tertiary/aromatic N) is 3. The lowest BCUT2D eigenvalue weighted by molar-refractivity contribution is 1.36. The summed E-state index contributed by atoms with van der Waals surface area (Å²) in [4.78, 5) is 4.25. The summed E-state index contributed by atoms with van der Waals surface area (Å²) in [5, 5.41) is 0. The number of hydrogen-bond donors (Lipinski definition) is 0. The summed E-state index contributed by atoms with van der Waals surface area (Å²) >= 11 is 1.19. The van der Waals surface area contributed by atoms with E-state index in [9.17, 15) is 0 Å². The standard InChI is InChI=1S/C11H7N3S/c1-2-4-8(5-3-1)9-6-10-11(12-7-9)14-15-13-10/h1-7H. The Morgan fingerprint density at radius 2 is 1.80 bits per heavy atom. The van der Waals surface area contributed by atoms with Crippen molar-refractivity contribution in [2.75, 3.05) is 0 Å². The van der Waals surface area contributed by atoms with Gasteiger partial charge < -0.3 is 0 Å². The van der Waals surface area contributed by atoms with Gasteiger partial charge in [-0.3, -0.25) is 0 Å². The second kappa shape index (κ2) is 3.40. The maximum absolute atomic E-state index is 4.25. The van der Waals surface area contributed by atoms with Gasteiger partial charge in [0.2, 0.25) is 0 Å². The quantitative estimate of drug-likeness (QED) is 0.624. The SMILES string of the molecule is c1ccc(-c2cnc3nsnc3c2)cc1. The largest absolute Gasteiger partial charge is 0.234 e. The molecule has 3 nitrogen and oxygen atoms in total. The van der Waals surface area contributed by atoms with Gasteiger partial charge in [0.15, 0.2) is 5.65 Å². The summed E-state index contributed by atoms with van der Waals surface area (Å²) in [5.74, 6) is 0. The minimum atomic E-state index is 0.722. The zero-order valence-electron chi connectivity index (χ0n) is 7.79. The van der Waals surface area contributed by atoms with E-state index in [4.69, 9.17) is 0 Å². The van der Waals surface area contributed by atoms with E-state index in [-0.39, 0.29) is 0 Å². The zero-order valence-corrected chi connectivity index (χ0v) is 8.61. The molecule has 3 aromatic rings. The molecule has 0 N–H and O–H groups in total. The van der Waals surface area contributed by atoms with Crippen LogP contribution in [0.15, 0.2) is 42.6 Å². The molecule has 0 saturated carbocycles. The van der Waals surface area contributed by atoms with E-state index in [0.717, 1.165) is 22.3 Å². The Kier molecular flexibility index (Phi) is 1.93. The molecule has 0 radical (unpaired) electrons. The molecular formula is C11H7N3S. The molecule has 0 atom stereocenters. The van der Waals surface area contributed by atoms with Crippen LogP contribution < -0.4 is 0 Å². The third kappa shape index (κ3) is 1.49. The topological polar surface area (TPSA) is 38.7 Å². The highest BCUT2D eigenvalue weighted by atomic mass is 32.1. The van der Waals surface area contributed by atoms with Gasteiger partial charge in [0.1, 0.15) is 5.52 Å². The monoisotopic (exact) mass is 213 g/mol. The molecule has 2 heterocycles. The number of hydrogen-bond acceptors (Lipinski definition) is 4. The van der Waals surface area contributed by atoms with Crippen LogP contribution in [-0.4, -0.2) is 13.7 Å². The molecule has 0 aliphatic carbocycles. The van der Waals surface area contributed by atoms with Crippen LogP contribution in [0.1, 0.15) is 0 Å². The summed E-state index contributed by atoms with van der Waals surface area (Å²) in [6.07, 6.45) is 1.83. The molecule has 0 fully saturated rings. The maximum Gasteiger partial charge on any atom is 0.193 e. The smallest absolute Gasteiger partial charge is 0.193 e. The van der Waals surface area contributed by atoms with E-state index in [1.54, 1.807) is 0 Å². The normalized spacial score (nSPS) is 10.7. The van der Waals surface area contributed by atoms with Crippen molar-refractivity contribution in [3.8, 4) is 11.1 Å². The van der Waals surface area contributed by atoms with Gasteiger partial charge in [0.25, 0.3) is 0 Å². The van der Waals surface area contributed by atoms with Crippen LogP contribution in [0, 0.1) is 0 Å². The fourth-order valence-electron chi connectivity index (χ4n) is 1.47. The third-order valence-corrected chi connectivity index (χ3v) is 2.75. The van der Waals surface area contributed by atoms with E-state index in [2.05, 4.69) is 25.9 Å². The van der Waals surface area contributed by atoms with Gasteiger partial charge in [-0.1, -0.05) is 30.3 Å². The Labute approximate surface area is 90.8 Å². The summed E-state index contributed by atoms with van der Waals surface area (Å²) in [6, 6.07) is 12.2. The van der Waals surface area contributed by atoms with Gasteiger partial charge in [-0.05, 0) is 11.6 Å². The Hall–Kier alpha value is -1.81. The highest BCUT2D eigenvalue weighted by Gasteiger charge is 2.02. The molecule has 4 heteroatoms. The molecule has 0 aliphatic heterocycles. The van der Waals surface area contributed by atoms with Crippen molar-refractivity contribution in [1.29, 1.82) is 0 Å². The molecular weight excluding hydrogens is 206 g/mol. The number of benzene rings is 1. The van der Waals surface area contributed by atoms with Gasteiger partial charge in [0, 0.05) is 11.8 Å². The van der Waals surface area contributed by atoms with Crippen LogP contribution >= 0.6 is 11.7 Å². The molecule has 1 aromatic carbocycles. The van der Waals surface area contributed by atoms with Crippen LogP contribution in [0.2, 0.25) is 0 Å². The molecule has 0 spiro atoms. The lowest BCUT2D eigenvalue weighted by atomic mass is 10.1. The first-order chi connectivity index (χ1) is 7.43. The predicted molar refractivity (Wildman–Crippen MR) is 60.6 cm³/mol. The minimum Gasteiger partial charge on any atom is -0.234 e. The Bertz CT molecular complexity index is 589. The number of pyridine rings is 1. The average molecular weight is 213 g/mol. The van der Waals surface area contributed by atoms with Crippen LogP contribution in [0.25, 0.3) is 22.3 Å². The minimum absolute atomic E-state index is 0.722. The van der Waals surface area contributed by atoms with Crippen LogP contribution in [-0.2, 0) is 0 Å². The van der Waals surface area contributed by atoms with Crippen LogP contribution in [0.5, 0.6) is 0 Å². The van der Waals surface area contributed by atoms with E-state index < -0.39 is 0 Å². The second-order valence-corrected chi connectivity index (χ2v) is 3.73. The highest BCUT2D eigenvalue weighted by molar-refractivity contribution is 7.00. The summed E-state index contributed by atoms with van der Waals surface area (Å²) in [5.41, 5.74) is 3.82. The molecule has 3 rings (SSSR count). The molecule has 0 unspecified atom stereocenters. The first kappa shape index (κ1) is 8.49. The van der Waals surface area contributed by atoms with E-state index in [0.29, 0.717) is 0 Å². The van der Waals surface area contributed by atoms with Crippen molar-refractivity contribution in [3.05, 3.63) is 42.6 Å². The predicted octanol–water partition coefficient (Wildman–Crippen LogP) is 2.75. The lowest BCUT2D eigenvalue weighted by Crippen LogP contribution is -1.81. The summed E-state index contributed by atoms with van der Waals surface area (Å²) < 4.78 is 8.25. The average Bonchev–Trinajstić information content (AvgIpc) is 2.77. The van der Waals surface area contributed by atoms with Crippen molar-refractivity contribution in [2.45, 2.75) is 0 Å². The molecule has 0 amide bonds. The first-order valence-electron chi connectivity index (χ1n) is 4.57. The van der Waals surface area contributed by atoms with Crippen molar-refractivity contribution in [1.82, 2.24) is 13.7 Å². The van der Waals surface area contributed by atoms with Crippen molar-refractivity contribution >= 4 is 22.9 Å². The third-order valence-electron chi connectivity index (χ3n) is 2.22. The van der Waals surface area contributed by atoms with Crippen molar-refractivity contribution in [2.24, 2.45) is 0 Å². The Morgan fingerprint density at radius 1 is 0.933 bits per heavy atom. The Morgan fingerprint density at radius 3 is 2.67 bits per heavy atom. The molecule has 0 aliphatic rings. The highest BCUT2D eigenvalue weighted by Crippen LogP contribution is 2.20. The molecule has 72 valence electrons. The Balaban J connectivity index is 2.19. The number of fused-ring (bicyclic) bond motifs is 1. The molecule has 0 saturated heterocycles. The van der Waals surface area contributed by atoms with Gasteiger partial charge in [-0.25, -0.2) is 4.98 Å². The van der Waals surface area contributed by atoms with E-state index >= 15 is 0 Å². The van der Waals surface area contributed by atoms with Crippen LogP contribution in [0.4, 0.5) is 0 Å². The van der Waals surface area contributed by atoms with Crippen molar-refractivity contribution in [3.63, 3.8) is 0 Å².